The highest BCUT2D eigenvalue weighted by atomic mass is 32.1. The van der Waals surface area contributed by atoms with Gasteiger partial charge in [0.2, 0.25) is 0 Å². The van der Waals surface area contributed by atoms with Gasteiger partial charge in [-0.2, -0.15) is 0 Å². The highest BCUT2D eigenvalue weighted by Crippen LogP contribution is 2.25. The lowest BCUT2D eigenvalue weighted by Crippen LogP contribution is -1.98. The monoisotopic (exact) mass is 299 g/mol. The number of nitrogens with zero attached hydrogens (tertiary/aromatic N) is 3. The van der Waals surface area contributed by atoms with E-state index in [9.17, 15) is 10.1 Å². The van der Waals surface area contributed by atoms with Crippen molar-refractivity contribution in [3.05, 3.63) is 68.5 Å². The molecule has 0 aliphatic rings. The molecule has 21 heavy (non-hydrogen) atoms. The van der Waals surface area contributed by atoms with Gasteiger partial charge in [-0.1, -0.05) is 18.2 Å². The molecule has 0 fully saturated rings. The first-order valence-corrected chi connectivity index (χ1v) is 7.24. The molecule has 5 nitrogen and oxygen atoms in total. The van der Waals surface area contributed by atoms with E-state index in [1.807, 2.05) is 30.5 Å². The third-order valence-corrected chi connectivity index (χ3v) is 4.10. The van der Waals surface area contributed by atoms with Gasteiger partial charge in [0.25, 0.3) is 5.70 Å². The van der Waals surface area contributed by atoms with E-state index < -0.39 is 0 Å². The summed E-state index contributed by atoms with van der Waals surface area (Å²) in [5, 5.41) is 11.4. The van der Waals surface area contributed by atoms with Crippen LogP contribution in [0.25, 0.3) is 16.7 Å². The number of thiazole rings is 1. The van der Waals surface area contributed by atoms with Crippen molar-refractivity contribution in [2.24, 2.45) is 0 Å². The Kier molecular flexibility index (Phi) is 3.31. The standard InChI is InChI=1S/C15H13N3O2S/c1-10-9-17-13(11(2)16-15(17)21-10)8-14(18(19)20)12-6-4-3-5-7-12/h3-9H,1-2H3. The van der Waals surface area contributed by atoms with Gasteiger partial charge in [-0.15, -0.1) is 11.3 Å². The predicted octanol–water partition coefficient (Wildman–Crippen LogP) is 3.79. The van der Waals surface area contributed by atoms with Crippen LogP contribution in [0.15, 0.2) is 36.5 Å². The minimum absolute atomic E-state index is 0.0735. The Morgan fingerprint density at radius 1 is 1.33 bits per heavy atom. The van der Waals surface area contributed by atoms with Crippen molar-refractivity contribution in [1.29, 1.82) is 0 Å². The smallest absolute Gasteiger partial charge is 0.278 e. The summed E-state index contributed by atoms with van der Waals surface area (Å²) in [6.45, 7) is 3.86. The van der Waals surface area contributed by atoms with Crippen molar-refractivity contribution in [2.45, 2.75) is 13.8 Å². The molecule has 0 amide bonds. The van der Waals surface area contributed by atoms with Gasteiger partial charge >= 0.3 is 0 Å². The molecule has 0 saturated carbocycles. The highest BCUT2D eigenvalue weighted by molar-refractivity contribution is 7.17. The minimum atomic E-state index is -0.354. The maximum atomic E-state index is 11.4. The maximum Gasteiger partial charge on any atom is 0.278 e. The number of aryl methyl sites for hydroxylation is 2. The molecule has 0 aliphatic heterocycles. The quantitative estimate of drug-likeness (QED) is 0.546. The second-order valence-electron chi connectivity index (χ2n) is 4.73. The van der Waals surface area contributed by atoms with Crippen molar-refractivity contribution in [3.8, 4) is 0 Å². The van der Waals surface area contributed by atoms with E-state index in [-0.39, 0.29) is 10.6 Å². The van der Waals surface area contributed by atoms with Crippen LogP contribution in [-0.4, -0.2) is 14.3 Å². The molecule has 0 saturated heterocycles. The number of aromatic nitrogens is 2. The van der Waals surface area contributed by atoms with Gasteiger partial charge < -0.3 is 0 Å². The molecular weight excluding hydrogens is 286 g/mol. The fraction of sp³-hybridized carbons (Fsp3) is 0.133. The number of hydrogen-bond donors (Lipinski definition) is 0. The summed E-state index contributed by atoms with van der Waals surface area (Å²) in [5.74, 6) is 0. The fourth-order valence-electron chi connectivity index (χ4n) is 2.23. The van der Waals surface area contributed by atoms with Crippen LogP contribution < -0.4 is 0 Å². The number of benzene rings is 1. The normalized spacial score (nSPS) is 12.0. The van der Waals surface area contributed by atoms with Crippen LogP contribution in [0.2, 0.25) is 0 Å². The van der Waals surface area contributed by atoms with Gasteiger partial charge in [-0.3, -0.25) is 14.5 Å². The van der Waals surface area contributed by atoms with Crippen LogP contribution >= 0.6 is 11.3 Å². The number of nitro groups is 1. The molecule has 0 spiro atoms. The fourth-order valence-corrected chi connectivity index (χ4v) is 3.11. The summed E-state index contributed by atoms with van der Waals surface area (Å²) in [6.07, 6.45) is 3.55. The first kappa shape index (κ1) is 13.5. The van der Waals surface area contributed by atoms with Crippen LogP contribution in [0, 0.1) is 24.0 Å². The molecule has 106 valence electrons. The van der Waals surface area contributed by atoms with Crippen LogP contribution in [0.4, 0.5) is 0 Å². The lowest BCUT2D eigenvalue weighted by Gasteiger charge is -1.99. The molecule has 0 radical (unpaired) electrons. The number of rotatable bonds is 3. The average molecular weight is 299 g/mol. The lowest BCUT2D eigenvalue weighted by molar-refractivity contribution is -0.374. The van der Waals surface area contributed by atoms with E-state index >= 15 is 0 Å². The van der Waals surface area contributed by atoms with Crippen molar-refractivity contribution in [1.82, 2.24) is 9.38 Å². The van der Waals surface area contributed by atoms with Crippen LogP contribution in [0.5, 0.6) is 0 Å². The Hall–Kier alpha value is -2.47. The van der Waals surface area contributed by atoms with Gasteiger partial charge in [0.05, 0.1) is 21.9 Å². The summed E-state index contributed by atoms with van der Waals surface area (Å²) in [4.78, 5) is 17.5. The van der Waals surface area contributed by atoms with Crippen molar-refractivity contribution >= 4 is 28.1 Å². The molecule has 2 aromatic heterocycles. The largest absolute Gasteiger partial charge is 0.290 e. The van der Waals surface area contributed by atoms with Gasteiger partial charge in [-0.25, -0.2) is 4.98 Å². The molecule has 1 aromatic carbocycles. The summed E-state index contributed by atoms with van der Waals surface area (Å²) in [7, 11) is 0. The number of fused-ring (bicyclic) bond motifs is 1. The first-order chi connectivity index (χ1) is 10.1. The van der Waals surface area contributed by atoms with E-state index in [1.165, 1.54) is 0 Å². The SMILES string of the molecule is Cc1cn2c(C=C(c3ccccc3)[N+](=O)[O-])c(C)nc2s1. The summed E-state index contributed by atoms with van der Waals surface area (Å²) in [6, 6.07) is 8.90. The molecular formula is C15H13N3O2S. The summed E-state index contributed by atoms with van der Waals surface area (Å²) in [5.41, 5.74) is 2.20. The Morgan fingerprint density at radius 2 is 2.05 bits per heavy atom. The molecule has 0 unspecified atom stereocenters. The van der Waals surface area contributed by atoms with Gasteiger partial charge in [0.1, 0.15) is 0 Å². The molecule has 0 aliphatic carbocycles. The Morgan fingerprint density at radius 3 is 2.71 bits per heavy atom. The van der Waals surface area contributed by atoms with Crippen molar-refractivity contribution in [2.75, 3.05) is 0 Å². The van der Waals surface area contributed by atoms with E-state index in [1.54, 1.807) is 41.7 Å². The highest BCUT2D eigenvalue weighted by Gasteiger charge is 2.17. The minimum Gasteiger partial charge on any atom is -0.290 e. The topological polar surface area (TPSA) is 60.4 Å². The third-order valence-electron chi connectivity index (χ3n) is 3.20. The molecule has 0 bridgehead atoms. The summed E-state index contributed by atoms with van der Waals surface area (Å²) >= 11 is 1.57. The first-order valence-electron chi connectivity index (χ1n) is 6.43. The van der Waals surface area contributed by atoms with Crippen molar-refractivity contribution < 1.29 is 4.92 Å². The van der Waals surface area contributed by atoms with E-state index in [0.717, 1.165) is 21.2 Å². The molecule has 3 aromatic rings. The van der Waals surface area contributed by atoms with E-state index in [0.29, 0.717) is 5.56 Å². The van der Waals surface area contributed by atoms with Gasteiger partial charge in [0.15, 0.2) is 4.96 Å². The maximum absolute atomic E-state index is 11.4. The van der Waals surface area contributed by atoms with Gasteiger partial charge in [0, 0.05) is 17.2 Å². The van der Waals surface area contributed by atoms with Gasteiger partial charge in [-0.05, 0) is 26.0 Å². The zero-order valence-corrected chi connectivity index (χ0v) is 12.4. The predicted molar refractivity (Wildman–Crippen MR) is 83.9 cm³/mol. The second kappa shape index (κ2) is 5.14. The number of imidazole rings is 1. The lowest BCUT2D eigenvalue weighted by atomic mass is 10.1. The zero-order chi connectivity index (χ0) is 15.0. The zero-order valence-electron chi connectivity index (χ0n) is 11.6. The Labute approximate surface area is 125 Å². The molecule has 0 N–H and O–H groups in total. The third kappa shape index (κ3) is 2.45. The summed E-state index contributed by atoms with van der Waals surface area (Å²) < 4.78 is 1.90. The second-order valence-corrected chi connectivity index (χ2v) is 5.94. The Bertz CT molecular complexity index is 847. The molecule has 2 heterocycles. The van der Waals surface area contributed by atoms with E-state index in [2.05, 4.69) is 4.98 Å². The Balaban J connectivity index is 2.20. The molecule has 3 rings (SSSR count). The van der Waals surface area contributed by atoms with Crippen LogP contribution in [-0.2, 0) is 0 Å². The number of hydrogen-bond acceptors (Lipinski definition) is 4. The molecule has 6 heteroatoms. The van der Waals surface area contributed by atoms with Crippen LogP contribution in [0.3, 0.4) is 0 Å². The van der Waals surface area contributed by atoms with Crippen molar-refractivity contribution in [3.63, 3.8) is 0 Å². The molecule has 0 atom stereocenters. The van der Waals surface area contributed by atoms with Crippen LogP contribution in [0.1, 0.15) is 21.8 Å². The average Bonchev–Trinajstić information content (AvgIpc) is 2.92. The van der Waals surface area contributed by atoms with E-state index in [4.69, 9.17) is 0 Å².